The van der Waals surface area contributed by atoms with Gasteiger partial charge in [-0.2, -0.15) is 0 Å². The second kappa shape index (κ2) is 9.80. The van der Waals surface area contributed by atoms with Crippen molar-refractivity contribution in [2.45, 2.75) is 11.4 Å². The number of furan rings is 1. The molecule has 3 heterocycles. The highest BCUT2D eigenvalue weighted by Crippen LogP contribution is 2.15. The Balaban J connectivity index is 1.30. The van der Waals surface area contributed by atoms with Gasteiger partial charge in [-0.15, -0.1) is 0 Å². The molecule has 1 saturated heterocycles. The smallest absolute Gasteiger partial charge is 0.246 e. The Hall–Kier alpha value is -3.43. The van der Waals surface area contributed by atoms with Crippen LogP contribution in [0, 0.1) is 0 Å². The highest BCUT2D eigenvalue weighted by molar-refractivity contribution is 7.89. The molecule has 1 aliphatic rings. The second-order valence-electron chi connectivity index (χ2n) is 7.31. The number of amides is 1. The Morgan fingerprint density at radius 2 is 1.81 bits per heavy atom. The van der Waals surface area contributed by atoms with Crippen LogP contribution in [0.1, 0.15) is 11.3 Å². The lowest BCUT2D eigenvalue weighted by Gasteiger charge is -2.34. The summed E-state index contributed by atoms with van der Waals surface area (Å²) in [4.78, 5) is 21.0. The van der Waals surface area contributed by atoms with Crippen LogP contribution in [-0.4, -0.2) is 50.4 Å². The number of hydrogen-bond acceptors (Lipinski definition) is 6. The van der Waals surface area contributed by atoms with E-state index in [1.165, 1.54) is 24.5 Å². The van der Waals surface area contributed by atoms with E-state index in [4.69, 9.17) is 4.42 Å². The van der Waals surface area contributed by atoms with Crippen molar-refractivity contribution < 1.29 is 17.6 Å². The highest BCUT2D eigenvalue weighted by atomic mass is 32.2. The molecule has 9 heteroatoms. The molecule has 8 nitrogen and oxygen atoms in total. The zero-order valence-electron chi connectivity index (χ0n) is 17.4. The Bertz CT molecular complexity index is 1150. The molecule has 1 aliphatic heterocycles. The van der Waals surface area contributed by atoms with E-state index in [0.29, 0.717) is 18.8 Å². The normalized spacial score (nSPS) is 14.8. The number of pyridine rings is 1. The first kappa shape index (κ1) is 21.8. The SMILES string of the molecule is O=C(C=Cc1ccc(S(=O)(=O)NCc2ccco2)cc1)N1CCN(c2ccccn2)CC1. The Morgan fingerprint density at radius 1 is 1.03 bits per heavy atom. The lowest BCUT2D eigenvalue weighted by atomic mass is 10.2. The van der Waals surface area contributed by atoms with E-state index in [-0.39, 0.29) is 17.3 Å². The monoisotopic (exact) mass is 452 g/mol. The summed E-state index contributed by atoms with van der Waals surface area (Å²) in [6.07, 6.45) is 6.48. The van der Waals surface area contributed by atoms with Crippen LogP contribution in [0.3, 0.4) is 0 Å². The molecule has 0 spiro atoms. The number of anilines is 1. The van der Waals surface area contributed by atoms with Gasteiger partial charge in [0.1, 0.15) is 11.6 Å². The molecule has 1 aromatic carbocycles. The quantitative estimate of drug-likeness (QED) is 0.554. The molecular weight excluding hydrogens is 428 g/mol. The number of carbonyl (C=O) groups is 1. The van der Waals surface area contributed by atoms with Gasteiger partial charge in [0.05, 0.1) is 17.7 Å². The van der Waals surface area contributed by atoms with Gasteiger partial charge in [-0.05, 0) is 48.0 Å². The van der Waals surface area contributed by atoms with Crippen LogP contribution in [0.25, 0.3) is 6.08 Å². The third-order valence-corrected chi connectivity index (χ3v) is 6.61. The highest BCUT2D eigenvalue weighted by Gasteiger charge is 2.20. The van der Waals surface area contributed by atoms with E-state index in [0.717, 1.165) is 24.5 Å². The molecule has 1 amide bonds. The number of nitrogens with one attached hydrogen (secondary N) is 1. The molecule has 1 fully saturated rings. The fourth-order valence-electron chi connectivity index (χ4n) is 3.39. The predicted molar refractivity (Wildman–Crippen MR) is 121 cm³/mol. The maximum atomic E-state index is 12.5. The van der Waals surface area contributed by atoms with Crippen molar-refractivity contribution in [2.24, 2.45) is 0 Å². The molecular formula is C23H24N4O4S. The van der Waals surface area contributed by atoms with Crippen LogP contribution in [0.4, 0.5) is 5.82 Å². The lowest BCUT2D eigenvalue weighted by molar-refractivity contribution is -0.126. The van der Waals surface area contributed by atoms with Crippen molar-refractivity contribution >= 4 is 27.8 Å². The fourth-order valence-corrected chi connectivity index (χ4v) is 4.38. The van der Waals surface area contributed by atoms with Gasteiger partial charge in [0.25, 0.3) is 0 Å². The van der Waals surface area contributed by atoms with Crippen LogP contribution in [0.5, 0.6) is 0 Å². The molecule has 3 aromatic rings. The molecule has 0 radical (unpaired) electrons. The summed E-state index contributed by atoms with van der Waals surface area (Å²) in [7, 11) is -3.65. The molecule has 0 unspecified atom stereocenters. The number of sulfonamides is 1. The molecule has 0 atom stereocenters. The van der Waals surface area contributed by atoms with E-state index >= 15 is 0 Å². The number of carbonyl (C=O) groups excluding carboxylic acids is 1. The van der Waals surface area contributed by atoms with Crippen molar-refractivity contribution in [1.29, 1.82) is 0 Å². The second-order valence-corrected chi connectivity index (χ2v) is 9.07. The van der Waals surface area contributed by atoms with Crippen LogP contribution in [-0.2, 0) is 21.4 Å². The summed E-state index contributed by atoms with van der Waals surface area (Å²) >= 11 is 0. The van der Waals surface area contributed by atoms with E-state index in [9.17, 15) is 13.2 Å². The zero-order chi connectivity index (χ0) is 22.4. The standard InChI is InChI=1S/C23H24N4O4S/c28-23(27-15-13-26(14-16-27)22-5-1-2-12-24-22)11-8-19-6-9-21(10-7-19)32(29,30)25-18-20-4-3-17-31-20/h1-12,17,25H,13-16,18H2. The first-order valence-corrected chi connectivity index (χ1v) is 11.7. The van der Waals surface area contributed by atoms with Crippen molar-refractivity contribution in [3.63, 3.8) is 0 Å². The average molecular weight is 453 g/mol. The van der Waals surface area contributed by atoms with Gasteiger partial charge in [-0.1, -0.05) is 18.2 Å². The lowest BCUT2D eigenvalue weighted by Crippen LogP contribution is -2.48. The summed E-state index contributed by atoms with van der Waals surface area (Å²) in [6.45, 7) is 2.79. The van der Waals surface area contributed by atoms with Gasteiger partial charge in [0, 0.05) is 38.5 Å². The van der Waals surface area contributed by atoms with Crippen LogP contribution in [0.15, 0.2) is 82.4 Å². The third-order valence-electron chi connectivity index (χ3n) is 5.19. The predicted octanol–water partition coefficient (Wildman–Crippen LogP) is 2.52. The summed E-state index contributed by atoms with van der Waals surface area (Å²) in [6, 6.07) is 15.6. The van der Waals surface area contributed by atoms with Crippen LogP contribution < -0.4 is 9.62 Å². The number of hydrogen-bond donors (Lipinski definition) is 1. The first-order chi connectivity index (χ1) is 15.5. The summed E-state index contributed by atoms with van der Waals surface area (Å²) in [5.41, 5.74) is 0.746. The molecule has 1 N–H and O–H groups in total. The average Bonchev–Trinajstić information content (AvgIpc) is 3.36. The maximum absolute atomic E-state index is 12.5. The third kappa shape index (κ3) is 5.43. The van der Waals surface area contributed by atoms with Gasteiger partial charge < -0.3 is 14.2 Å². The minimum absolute atomic E-state index is 0.0671. The summed E-state index contributed by atoms with van der Waals surface area (Å²) in [5.74, 6) is 1.39. The molecule has 0 saturated carbocycles. The molecule has 2 aromatic heterocycles. The van der Waals surface area contributed by atoms with E-state index in [1.807, 2.05) is 18.2 Å². The Morgan fingerprint density at radius 3 is 2.47 bits per heavy atom. The number of benzene rings is 1. The van der Waals surface area contributed by atoms with Gasteiger partial charge in [-0.25, -0.2) is 18.1 Å². The molecule has 166 valence electrons. The number of nitrogens with zero attached hydrogens (tertiary/aromatic N) is 3. The Kier molecular flexibility index (Phi) is 6.67. The van der Waals surface area contributed by atoms with E-state index in [1.54, 1.807) is 41.4 Å². The summed E-state index contributed by atoms with van der Waals surface area (Å²) in [5, 5.41) is 0. The fraction of sp³-hybridized carbons (Fsp3) is 0.217. The topological polar surface area (TPSA) is 95.7 Å². The zero-order valence-corrected chi connectivity index (χ0v) is 18.2. The minimum atomic E-state index is -3.65. The molecule has 4 rings (SSSR count). The van der Waals surface area contributed by atoms with E-state index in [2.05, 4.69) is 14.6 Å². The van der Waals surface area contributed by atoms with Gasteiger partial charge in [0.2, 0.25) is 15.9 Å². The van der Waals surface area contributed by atoms with Crippen molar-refractivity contribution in [2.75, 3.05) is 31.1 Å². The first-order valence-electron chi connectivity index (χ1n) is 10.3. The minimum Gasteiger partial charge on any atom is -0.468 e. The maximum Gasteiger partial charge on any atom is 0.246 e. The molecule has 0 bridgehead atoms. The van der Waals surface area contributed by atoms with Gasteiger partial charge >= 0.3 is 0 Å². The molecule has 0 aliphatic carbocycles. The van der Waals surface area contributed by atoms with Gasteiger partial charge in [0.15, 0.2) is 0 Å². The van der Waals surface area contributed by atoms with Crippen molar-refractivity contribution in [3.05, 3.63) is 84.5 Å². The number of aromatic nitrogens is 1. The van der Waals surface area contributed by atoms with Crippen LogP contribution >= 0.6 is 0 Å². The Labute approximate surface area is 187 Å². The largest absolute Gasteiger partial charge is 0.468 e. The number of rotatable bonds is 7. The van der Waals surface area contributed by atoms with Crippen LogP contribution in [0.2, 0.25) is 0 Å². The van der Waals surface area contributed by atoms with Gasteiger partial charge in [-0.3, -0.25) is 4.79 Å². The van der Waals surface area contributed by atoms with Crippen molar-refractivity contribution in [3.8, 4) is 0 Å². The van der Waals surface area contributed by atoms with Crippen molar-refractivity contribution in [1.82, 2.24) is 14.6 Å². The summed E-state index contributed by atoms with van der Waals surface area (Å²) < 4.78 is 32.4. The number of piperazine rings is 1. The van der Waals surface area contributed by atoms with E-state index < -0.39 is 10.0 Å². The molecule has 32 heavy (non-hydrogen) atoms.